The number of carbonyl (C=O) groups is 3. The van der Waals surface area contributed by atoms with E-state index < -0.39 is 11.8 Å². The standard InChI is InChI=1S/C21H23N3O4/c25-11-5-10-22-20(27)21(28)24-18-9-4-3-8-17(18)19(26)23-16-12-14-6-1-2-7-15(14)13-16/h1-4,6-9,16,25H,5,10-13H2,(H,22,27)(H,23,26)(H,24,28). The highest BCUT2D eigenvalue weighted by Gasteiger charge is 2.24. The highest BCUT2D eigenvalue weighted by Crippen LogP contribution is 2.22. The quantitative estimate of drug-likeness (QED) is 0.443. The summed E-state index contributed by atoms with van der Waals surface area (Å²) in [5.74, 6) is -1.96. The first kappa shape index (κ1) is 19.6. The summed E-state index contributed by atoms with van der Waals surface area (Å²) in [4.78, 5) is 36.6. The van der Waals surface area contributed by atoms with Crippen molar-refractivity contribution in [3.8, 4) is 0 Å². The van der Waals surface area contributed by atoms with Gasteiger partial charge in [0.2, 0.25) is 0 Å². The zero-order valence-electron chi connectivity index (χ0n) is 15.4. The van der Waals surface area contributed by atoms with Crippen LogP contribution >= 0.6 is 0 Å². The average molecular weight is 381 g/mol. The van der Waals surface area contributed by atoms with E-state index >= 15 is 0 Å². The van der Waals surface area contributed by atoms with Crippen molar-refractivity contribution in [1.29, 1.82) is 0 Å². The molecule has 3 rings (SSSR count). The summed E-state index contributed by atoms with van der Waals surface area (Å²) in [6, 6.07) is 14.7. The second-order valence-corrected chi connectivity index (χ2v) is 6.68. The molecule has 0 unspecified atom stereocenters. The van der Waals surface area contributed by atoms with Crippen molar-refractivity contribution in [3.63, 3.8) is 0 Å². The highest BCUT2D eigenvalue weighted by molar-refractivity contribution is 6.40. The molecule has 3 amide bonds. The first-order chi connectivity index (χ1) is 13.6. The van der Waals surface area contributed by atoms with E-state index in [1.165, 1.54) is 11.1 Å². The molecule has 146 valence electrons. The number of anilines is 1. The van der Waals surface area contributed by atoms with Crippen molar-refractivity contribution < 1.29 is 19.5 Å². The number of nitrogens with one attached hydrogen (secondary N) is 3. The molecule has 0 bridgehead atoms. The molecule has 0 radical (unpaired) electrons. The van der Waals surface area contributed by atoms with Gasteiger partial charge in [-0.1, -0.05) is 36.4 Å². The molecule has 4 N–H and O–H groups in total. The van der Waals surface area contributed by atoms with Gasteiger partial charge in [0.25, 0.3) is 5.91 Å². The molecule has 0 saturated heterocycles. The van der Waals surface area contributed by atoms with Gasteiger partial charge in [0.15, 0.2) is 0 Å². The van der Waals surface area contributed by atoms with Crippen LogP contribution in [0.1, 0.15) is 27.9 Å². The van der Waals surface area contributed by atoms with Crippen molar-refractivity contribution in [2.75, 3.05) is 18.5 Å². The third kappa shape index (κ3) is 4.75. The molecule has 2 aromatic rings. The number of fused-ring (bicyclic) bond motifs is 1. The van der Waals surface area contributed by atoms with Gasteiger partial charge in [-0.05, 0) is 42.5 Å². The van der Waals surface area contributed by atoms with E-state index in [1.54, 1.807) is 24.3 Å². The van der Waals surface area contributed by atoms with Crippen molar-refractivity contribution >= 4 is 23.4 Å². The molecule has 0 spiro atoms. The maximum atomic E-state index is 12.7. The summed E-state index contributed by atoms with van der Waals surface area (Å²) in [5.41, 5.74) is 3.04. The number of aliphatic hydroxyl groups is 1. The predicted octanol–water partition coefficient (Wildman–Crippen LogP) is 1.02. The van der Waals surface area contributed by atoms with Crippen molar-refractivity contribution in [3.05, 3.63) is 65.2 Å². The first-order valence-electron chi connectivity index (χ1n) is 9.25. The van der Waals surface area contributed by atoms with Crippen LogP contribution in [-0.2, 0) is 22.4 Å². The average Bonchev–Trinajstić information content (AvgIpc) is 3.10. The normalized spacial score (nSPS) is 12.9. The Morgan fingerprint density at radius 1 is 0.929 bits per heavy atom. The Morgan fingerprint density at radius 3 is 2.25 bits per heavy atom. The van der Waals surface area contributed by atoms with Crippen LogP contribution in [0.25, 0.3) is 0 Å². The summed E-state index contributed by atoms with van der Waals surface area (Å²) in [6.07, 6.45) is 1.90. The van der Waals surface area contributed by atoms with E-state index in [-0.39, 0.29) is 30.8 Å². The second kappa shape index (κ2) is 9.14. The number of hydrogen-bond donors (Lipinski definition) is 4. The van der Waals surface area contributed by atoms with Gasteiger partial charge in [-0.25, -0.2) is 0 Å². The predicted molar refractivity (Wildman–Crippen MR) is 105 cm³/mol. The minimum Gasteiger partial charge on any atom is -0.396 e. The molecule has 7 heteroatoms. The lowest BCUT2D eigenvalue weighted by molar-refractivity contribution is -0.136. The molecule has 1 aliphatic rings. The number of rotatable bonds is 6. The summed E-state index contributed by atoms with van der Waals surface area (Å²) in [5, 5.41) is 16.6. The van der Waals surface area contributed by atoms with E-state index in [1.807, 2.05) is 12.1 Å². The molecule has 0 saturated carbocycles. The molecular weight excluding hydrogens is 358 g/mol. The van der Waals surface area contributed by atoms with Gasteiger partial charge in [-0.15, -0.1) is 0 Å². The Hall–Kier alpha value is -3.19. The van der Waals surface area contributed by atoms with E-state index in [9.17, 15) is 14.4 Å². The largest absolute Gasteiger partial charge is 0.396 e. The Bertz CT molecular complexity index is 856. The topological polar surface area (TPSA) is 108 Å². The number of carbonyl (C=O) groups excluding carboxylic acids is 3. The maximum absolute atomic E-state index is 12.7. The number of hydrogen-bond acceptors (Lipinski definition) is 4. The van der Waals surface area contributed by atoms with E-state index in [0.717, 1.165) is 12.8 Å². The molecule has 0 atom stereocenters. The number of amides is 3. The minimum atomic E-state index is -0.855. The molecule has 28 heavy (non-hydrogen) atoms. The molecule has 1 aliphatic carbocycles. The van der Waals surface area contributed by atoms with Gasteiger partial charge < -0.3 is 21.1 Å². The van der Waals surface area contributed by atoms with Crippen molar-refractivity contribution in [2.45, 2.75) is 25.3 Å². The molecule has 0 aliphatic heterocycles. The molecule has 2 aromatic carbocycles. The van der Waals surface area contributed by atoms with Gasteiger partial charge in [0.1, 0.15) is 0 Å². The van der Waals surface area contributed by atoms with Crippen LogP contribution < -0.4 is 16.0 Å². The highest BCUT2D eigenvalue weighted by atomic mass is 16.3. The van der Waals surface area contributed by atoms with Crippen LogP contribution in [0.15, 0.2) is 48.5 Å². The van der Waals surface area contributed by atoms with Gasteiger partial charge >= 0.3 is 11.8 Å². The Morgan fingerprint density at radius 2 is 1.57 bits per heavy atom. The minimum absolute atomic E-state index is 0.00422. The molecule has 7 nitrogen and oxygen atoms in total. The Balaban J connectivity index is 1.63. The van der Waals surface area contributed by atoms with Crippen LogP contribution in [0.2, 0.25) is 0 Å². The van der Waals surface area contributed by atoms with Gasteiger partial charge in [0.05, 0.1) is 11.3 Å². The van der Waals surface area contributed by atoms with Crippen LogP contribution in [0.4, 0.5) is 5.69 Å². The van der Waals surface area contributed by atoms with Crippen LogP contribution in [-0.4, -0.2) is 42.0 Å². The zero-order valence-corrected chi connectivity index (χ0v) is 15.4. The zero-order chi connectivity index (χ0) is 19.9. The van der Waals surface area contributed by atoms with Crippen molar-refractivity contribution in [2.24, 2.45) is 0 Å². The fourth-order valence-electron chi connectivity index (χ4n) is 3.25. The number of para-hydroxylation sites is 1. The van der Waals surface area contributed by atoms with Crippen LogP contribution in [0.3, 0.4) is 0 Å². The molecular formula is C21H23N3O4. The van der Waals surface area contributed by atoms with Crippen LogP contribution in [0.5, 0.6) is 0 Å². The van der Waals surface area contributed by atoms with Gasteiger partial charge in [-0.2, -0.15) is 0 Å². The second-order valence-electron chi connectivity index (χ2n) is 6.68. The molecule has 0 aromatic heterocycles. The smallest absolute Gasteiger partial charge is 0.313 e. The maximum Gasteiger partial charge on any atom is 0.313 e. The molecule has 0 fully saturated rings. The SMILES string of the molecule is O=C(NCCCO)C(=O)Nc1ccccc1C(=O)NC1Cc2ccccc2C1. The Labute approximate surface area is 163 Å². The fraction of sp³-hybridized carbons (Fsp3) is 0.286. The monoisotopic (exact) mass is 381 g/mol. The summed E-state index contributed by atoms with van der Waals surface area (Å²) in [7, 11) is 0. The molecule has 0 heterocycles. The van der Waals surface area contributed by atoms with E-state index in [0.29, 0.717) is 12.0 Å². The third-order valence-electron chi connectivity index (χ3n) is 4.63. The summed E-state index contributed by atoms with van der Waals surface area (Å²) < 4.78 is 0. The number of aliphatic hydroxyl groups excluding tert-OH is 1. The Kier molecular flexibility index (Phi) is 6.39. The summed E-state index contributed by atoms with van der Waals surface area (Å²) in [6.45, 7) is 0.128. The van der Waals surface area contributed by atoms with Crippen molar-refractivity contribution in [1.82, 2.24) is 10.6 Å². The first-order valence-corrected chi connectivity index (χ1v) is 9.25. The summed E-state index contributed by atoms with van der Waals surface area (Å²) >= 11 is 0. The van der Waals surface area contributed by atoms with E-state index in [4.69, 9.17) is 5.11 Å². The lowest BCUT2D eigenvalue weighted by Crippen LogP contribution is -2.38. The van der Waals surface area contributed by atoms with Gasteiger partial charge in [-0.3, -0.25) is 14.4 Å². The lowest BCUT2D eigenvalue weighted by atomic mass is 10.1. The van der Waals surface area contributed by atoms with E-state index in [2.05, 4.69) is 28.1 Å². The van der Waals surface area contributed by atoms with Gasteiger partial charge in [0, 0.05) is 19.2 Å². The lowest BCUT2D eigenvalue weighted by Gasteiger charge is -2.15. The third-order valence-corrected chi connectivity index (χ3v) is 4.63. The fourth-order valence-corrected chi connectivity index (χ4v) is 3.25. The number of benzene rings is 2. The van der Waals surface area contributed by atoms with Crippen LogP contribution in [0, 0.1) is 0 Å².